The van der Waals surface area contributed by atoms with Gasteiger partial charge < -0.3 is 15.6 Å². The number of fused-ring (bicyclic) bond motifs is 1. The maximum absolute atomic E-state index is 13.6. The molecule has 0 radical (unpaired) electrons. The summed E-state index contributed by atoms with van der Waals surface area (Å²) < 4.78 is 13.6. The molecule has 0 atom stereocenters. The first kappa shape index (κ1) is 12.5. The molecule has 1 aromatic heterocycles. The third kappa shape index (κ3) is 1.90. The predicted octanol–water partition coefficient (Wildman–Crippen LogP) is 3.97. The fourth-order valence-corrected chi connectivity index (χ4v) is 2.55. The second-order valence-corrected chi connectivity index (χ2v) is 4.91. The molecule has 0 unspecified atom stereocenters. The van der Waals surface area contributed by atoms with Crippen LogP contribution in [0, 0.1) is 12.7 Å². The van der Waals surface area contributed by atoms with Gasteiger partial charge in [-0.05, 0) is 31.2 Å². The summed E-state index contributed by atoms with van der Waals surface area (Å²) in [4.78, 5) is 5.31. The Bertz CT molecular complexity index is 776. The zero-order chi connectivity index (χ0) is 14.3. The maximum Gasteiger partial charge on any atom is 0.148 e. The number of benzene rings is 2. The molecule has 0 aliphatic heterocycles. The Labute approximate surface area is 116 Å². The van der Waals surface area contributed by atoms with E-state index < -0.39 is 5.82 Å². The molecule has 4 heteroatoms. The van der Waals surface area contributed by atoms with Crippen LogP contribution in [0.4, 0.5) is 21.5 Å². The highest BCUT2D eigenvalue weighted by Crippen LogP contribution is 2.34. The van der Waals surface area contributed by atoms with Crippen molar-refractivity contribution in [3.05, 3.63) is 54.0 Å². The van der Waals surface area contributed by atoms with E-state index in [2.05, 4.69) is 11.1 Å². The molecule has 20 heavy (non-hydrogen) atoms. The minimum atomic E-state index is -0.396. The summed E-state index contributed by atoms with van der Waals surface area (Å²) in [6.45, 7) is 2.01. The number of nitrogens with zero attached hydrogens (tertiary/aromatic N) is 1. The Morgan fingerprint density at radius 1 is 1.15 bits per heavy atom. The molecule has 0 amide bonds. The van der Waals surface area contributed by atoms with Crippen LogP contribution in [0.3, 0.4) is 0 Å². The highest BCUT2D eigenvalue weighted by atomic mass is 19.1. The van der Waals surface area contributed by atoms with Gasteiger partial charge in [-0.25, -0.2) is 4.39 Å². The normalized spacial score (nSPS) is 10.9. The van der Waals surface area contributed by atoms with E-state index in [1.807, 2.05) is 43.1 Å². The molecule has 0 fully saturated rings. The highest BCUT2D eigenvalue weighted by molar-refractivity contribution is 5.96. The average molecular weight is 269 g/mol. The molecule has 3 rings (SSSR count). The quantitative estimate of drug-likeness (QED) is 0.691. The third-order valence-electron chi connectivity index (χ3n) is 3.57. The van der Waals surface area contributed by atoms with E-state index in [1.54, 1.807) is 6.07 Å². The number of aryl methyl sites for hydroxylation is 1. The van der Waals surface area contributed by atoms with Gasteiger partial charge in [0.25, 0.3) is 0 Å². The molecule has 0 spiro atoms. The van der Waals surface area contributed by atoms with E-state index in [0.29, 0.717) is 0 Å². The third-order valence-corrected chi connectivity index (χ3v) is 3.57. The van der Waals surface area contributed by atoms with Crippen molar-refractivity contribution in [3.63, 3.8) is 0 Å². The zero-order valence-corrected chi connectivity index (χ0v) is 11.4. The topological polar surface area (TPSA) is 45.0 Å². The summed E-state index contributed by atoms with van der Waals surface area (Å²) in [5.41, 5.74) is 9.63. The Morgan fingerprint density at radius 2 is 1.90 bits per heavy atom. The molecule has 0 saturated carbocycles. The van der Waals surface area contributed by atoms with E-state index in [-0.39, 0.29) is 5.69 Å². The van der Waals surface area contributed by atoms with Crippen LogP contribution in [0.25, 0.3) is 10.9 Å². The van der Waals surface area contributed by atoms with Crippen LogP contribution >= 0.6 is 0 Å². The molecule has 3 aromatic rings. The average Bonchev–Trinajstić information content (AvgIpc) is 2.77. The second kappa shape index (κ2) is 4.56. The van der Waals surface area contributed by atoms with Crippen molar-refractivity contribution in [1.29, 1.82) is 0 Å². The van der Waals surface area contributed by atoms with Crippen LogP contribution in [0.1, 0.15) is 5.69 Å². The first-order valence-corrected chi connectivity index (χ1v) is 6.44. The number of hydrogen-bond acceptors (Lipinski definition) is 2. The molecule has 3 N–H and O–H groups in total. The summed E-state index contributed by atoms with van der Waals surface area (Å²) >= 11 is 0. The van der Waals surface area contributed by atoms with Crippen LogP contribution in [-0.2, 0) is 0 Å². The van der Waals surface area contributed by atoms with Crippen LogP contribution in [0.15, 0.2) is 42.5 Å². The standard InChI is InChI=1S/C16H16FN3/c1-10-16(12-5-3-4-6-15(12)19-10)20(2)11-7-8-14(18)13(17)9-11/h3-9,19H,18H2,1-2H3. The Hall–Kier alpha value is -2.49. The lowest BCUT2D eigenvalue weighted by Crippen LogP contribution is -2.10. The number of rotatable bonds is 2. The molecule has 102 valence electrons. The van der Waals surface area contributed by atoms with Gasteiger partial charge in [0.1, 0.15) is 5.82 Å². The monoisotopic (exact) mass is 269 g/mol. The number of aromatic nitrogens is 1. The lowest BCUT2D eigenvalue weighted by atomic mass is 10.2. The number of hydrogen-bond donors (Lipinski definition) is 2. The van der Waals surface area contributed by atoms with Crippen LogP contribution < -0.4 is 10.6 Å². The number of nitrogens with one attached hydrogen (secondary N) is 1. The summed E-state index contributed by atoms with van der Waals surface area (Å²) in [6.07, 6.45) is 0. The van der Waals surface area contributed by atoms with Gasteiger partial charge in [0.05, 0.1) is 11.4 Å². The van der Waals surface area contributed by atoms with Crippen molar-refractivity contribution in [1.82, 2.24) is 4.98 Å². The first-order valence-electron chi connectivity index (χ1n) is 6.44. The maximum atomic E-state index is 13.6. The lowest BCUT2D eigenvalue weighted by Gasteiger charge is -2.20. The Balaban J connectivity index is 2.14. The molecule has 2 aromatic carbocycles. The number of halogens is 1. The largest absolute Gasteiger partial charge is 0.396 e. The predicted molar refractivity (Wildman–Crippen MR) is 81.9 cm³/mol. The molecule has 0 aliphatic carbocycles. The Morgan fingerprint density at radius 3 is 2.65 bits per heavy atom. The highest BCUT2D eigenvalue weighted by Gasteiger charge is 2.14. The minimum absolute atomic E-state index is 0.165. The number of aromatic amines is 1. The lowest BCUT2D eigenvalue weighted by molar-refractivity contribution is 0.632. The van der Waals surface area contributed by atoms with Gasteiger partial charge in [-0.15, -0.1) is 0 Å². The fraction of sp³-hybridized carbons (Fsp3) is 0.125. The molecule has 3 nitrogen and oxygen atoms in total. The van der Waals surface area contributed by atoms with Crippen LogP contribution in [0.2, 0.25) is 0 Å². The van der Waals surface area contributed by atoms with Gasteiger partial charge in [0, 0.05) is 29.3 Å². The van der Waals surface area contributed by atoms with Gasteiger partial charge in [-0.1, -0.05) is 18.2 Å². The summed E-state index contributed by atoms with van der Waals surface area (Å²) in [5, 5.41) is 1.12. The second-order valence-electron chi connectivity index (χ2n) is 4.91. The van der Waals surface area contributed by atoms with Crippen molar-refractivity contribution in [2.24, 2.45) is 0 Å². The van der Waals surface area contributed by atoms with E-state index in [1.165, 1.54) is 6.07 Å². The number of H-pyrrole nitrogens is 1. The first-order chi connectivity index (χ1) is 9.58. The van der Waals surface area contributed by atoms with Gasteiger partial charge >= 0.3 is 0 Å². The molecule has 1 heterocycles. The number of anilines is 3. The zero-order valence-electron chi connectivity index (χ0n) is 11.4. The van der Waals surface area contributed by atoms with Crippen molar-refractivity contribution in [2.45, 2.75) is 6.92 Å². The molecule has 0 saturated heterocycles. The van der Waals surface area contributed by atoms with Gasteiger partial charge in [0.2, 0.25) is 0 Å². The summed E-state index contributed by atoms with van der Waals surface area (Å²) in [6, 6.07) is 12.9. The minimum Gasteiger partial charge on any atom is -0.396 e. The smallest absolute Gasteiger partial charge is 0.148 e. The SMILES string of the molecule is Cc1[nH]c2ccccc2c1N(C)c1ccc(N)c(F)c1. The van der Waals surface area contributed by atoms with Crippen LogP contribution in [0.5, 0.6) is 0 Å². The van der Waals surface area contributed by atoms with E-state index >= 15 is 0 Å². The Kier molecular flexibility index (Phi) is 2.86. The molecule has 0 bridgehead atoms. The fourth-order valence-electron chi connectivity index (χ4n) is 2.55. The summed E-state index contributed by atoms with van der Waals surface area (Å²) in [7, 11) is 1.92. The van der Waals surface area contributed by atoms with Crippen molar-refractivity contribution in [3.8, 4) is 0 Å². The van der Waals surface area contributed by atoms with Gasteiger partial charge in [-0.3, -0.25) is 0 Å². The van der Waals surface area contributed by atoms with E-state index in [0.717, 1.165) is 28.0 Å². The number of para-hydroxylation sites is 1. The summed E-state index contributed by atoms with van der Waals surface area (Å²) in [5.74, 6) is -0.396. The van der Waals surface area contributed by atoms with Crippen molar-refractivity contribution in [2.75, 3.05) is 17.7 Å². The molecule has 0 aliphatic rings. The molecular weight excluding hydrogens is 253 g/mol. The molecular formula is C16H16FN3. The number of nitrogens with two attached hydrogens (primary N) is 1. The van der Waals surface area contributed by atoms with Gasteiger partial charge in [0.15, 0.2) is 0 Å². The van der Waals surface area contributed by atoms with Crippen LogP contribution in [-0.4, -0.2) is 12.0 Å². The van der Waals surface area contributed by atoms with Gasteiger partial charge in [-0.2, -0.15) is 0 Å². The van der Waals surface area contributed by atoms with Crippen molar-refractivity contribution < 1.29 is 4.39 Å². The van der Waals surface area contributed by atoms with Crippen molar-refractivity contribution >= 4 is 28.0 Å². The number of nitrogen functional groups attached to an aromatic ring is 1. The van der Waals surface area contributed by atoms with E-state index in [4.69, 9.17) is 5.73 Å². The van der Waals surface area contributed by atoms with E-state index in [9.17, 15) is 4.39 Å².